The van der Waals surface area contributed by atoms with Crippen LogP contribution in [0.5, 0.6) is 0 Å². The van der Waals surface area contributed by atoms with Crippen LogP contribution in [0.1, 0.15) is 54.2 Å². The lowest BCUT2D eigenvalue weighted by Gasteiger charge is -2.29. The molecule has 0 radical (unpaired) electrons. The standard InChI is InChI=1S/C25H28N6O/c1-18-10-9-13-20-16-21(25(32)26-22(18)20)23(30-14-7-2-3-8-15-30)24-27-28-29-31(24)17-19-11-5-4-6-12-19/h4-6,9-13,16,23H,2-3,7-8,14-15,17H2,1H3,(H,26,32)/t23-/m0/s1. The lowest BCUT2D eigenvalue weighted by atomic mass is 10.0. The highest BCUT2D eigenvalue weighted by Crippen LogP contribution is 2.29. The van der Waals surface area contributed by atoms with Crippen LogP contribution in [0.3, 0.4) is 0 Å². The third-order valence-electron chi connectivity index (χ3n) is 6.40. The highest BCUT2D eigenvalue weighted by Gasteiger charge is 2.30. The molecule has 7 heteroatoms. The number of aryl methyl sites for hydroxylation is 1. The Labute approximate surface area is 187 Å². The van der Waals surface area contributed by atoms with Crippen molar-refractivity contribution in [1.29, 1.82) is 0 Å². The first-order valence-electron chi connectivity index (χ1n) is 11.4. The van der Waals surface area contributed by atoms with Gasteiger partial charge in [0.25, 0.3) is 5.56 Å². The molecule has 1 saturated heterocycles. The molecule has 0 unspecified atom stereocenters. The zero-order chi connectivity index (χ0) is 21.9. The predicted molar refractivity (Wildman–Crippen MR) is 125 cm³/mol. The van der Waals surface area contributed by atoms with Crippen LogP contribution in [0.25, 0.3) is 10.9 Å². The summed E-state index contributed by atoms with van der Waals surface area (Å²) >= 11 is 0. The van der Waals surface area contributed by atoms with Crippen LogP contribution in [0.15, 0.2) is 59.4 Å². The summed E-state index contributed by atoms with van der Waals surface area (Å²) in [6, 6.07) is 18.0. The lowest BCUT2D eigenvalue weighted by Crippen LogP contribution is -2.36. The van der Waals surface area contributed by atoms with Gasteiger partial charge in [0.2, 0.25) is 0 Å². The highest BCUT2D eigenvalue weighted by molar-refractivity contribution is 5.82. The predicted octanol–water partition coefficient (Wildman–Crippen LogP) is 3.84. The summed E-state index contributed by atoms with van der Waals surface area (Å²) in [5.74, 6) is 0.716. The van der Waals surface area contributed by atoms with E-state index in [-0.39, 0.29) is 11.6 Å². The largest absolute Gasteiger partial charge is 0.321 e. The van der Waals surface area contributed by atoms with Crippen molar-refractivity contribution in [1.82, 2.24) is 30.1 Å². The third-order valence-corrected chi connectivity index (χ3v) is 6.40. The van der Waals surface area contributed by atoms with Crippen LogP contribution >= 0.6 is 0 Å². The van der Waals surface area contributed by atoms with E-state index in [9.17, 15) is 4.79 Å². The first kappa shape index (κ1) is 20.6. The second-order valence-electron chi connectivity index (χ2n) is 8.63. The fourth-order valence-electron chi connectivity index (χ4n) is 4.73. The number of aromatic amines is 1. The van der Waals surface area contributed by atoms with Gasteiger partial charge in [-0.1, -0.05) is 61.4 Å². The first-order valence-corrected chi connectivity index (χ1v) is 11.4. The molecule has 1 atom stereocenters. The fraction of sp³-hybridized carbons (Fsp3) is 0.360. The molecule has 1 aliphatic heterocycles. The summed E-state index contributed by atoms with van der Waals surface area (Å²) in [5, 5.41) is 13.8. The van der Waals surface area contributed by atoms with Crippen molar-refractivity contribution >= 4 is 10.9 Å². The zero-order valence-corrected chi connectivity index (χ0v) is 18.4. The van der Waals surface area contributed by atoms with Crippen molar-refractivity contribution in [3.8, 4) is 0 Å². The molecule has 0 amide bonds. The number of likely N-dealkylation sites (tertiary alicyclic amines) is 1. The SMILES string of the molecule is Cc1cccc2cc([C@@H](c3nnnn3Cc3ccccc3)N3CCCCCC3)c(=O)[nH]c12. The molecule has 0 spiro atoms. The molecule has 1 fully saturated rings. The number of para-hydroxylation sites is 1. The number of rotatable bonds is 5. The van der Waals surface area contributed by atoms with Gasteiger partial charge in [0, 0.05) is 5.56 Å². The number of tetrazole rings is 1. The van der Waals surface area contributed by atoms with Crippen molar-refractivity contribution in [2.75, 3.05) is 13.1 Å². The van der Waals surface area contributed by atoms with E-state index in [2.05, 4.69) is 37.5 Å². The fourth-order valence-corrected chi connectivity index (χ4v) is 4.73. The molecule has 2 aromatic carbocycles. The molecule has 0 aliphatic carbocycles. The Hall–Kier alpha value is -3.32. The minimum Gasteiger partial charge on any atom is -0.321 e. The normalized spacial score (nSPS) is 16.2. The maximum atomic E-state index is 13.4. The van der Waals surface area contributed by atoms with Gasteiger partial charge in [0.05, 0.1) is 12.1 Å². The molecule has 0 saturated carbocycles. The molecular weight excluding hydrogens is 400 g/mol. The van der Waals surface area contributed by atoms with E-state index in [0.29, 0.717) is 17.9 Å². The summed E-state index contributed by atoms with van der Waals surface area (Å²) in [7, 11) is 0. The highest BCUT2D eigenvalue weighted by atomic mass is 16.1. The van der Waals surface area contributed by atoms with E-state index < -0.39 is 0 Å². The molecule has 1 aliphatic rings. The van der Waals surface area contributed by atoms with Crippen LogP contribution in [0.4, 0.5) is 0 Å². The number of hydrogen-bond donors (Lipinski definition) is 1. The van der Waals surface area contributed by atoms with E-state index in [1.165, 1.54) is 12.8 Å². The van der Waals surface area contributed by atoms with Gasteiger partial charge in [-0.2, -0.15) is 0 Å². The van der Waals surface area contributed by atoms with Gasteiger partial charge < -0.3 is 4.98 Å². The first-order chi connectivity index (χ1) is 15.7. The summed E-state index contributed by atoms with van der Waals surface area (Å²) in [6.07, 6.45) is 4.65. The zero-order valence-electron chi connectivity index (χ0n) is 18.4. The lowest BCUT2D eigenvalue weighted by molar-refractivity contribution is 0.220. The van der Waals surface area contributed by atoms with Crippen molar-refractivity contribution in [2.24, 2.45) is 0 Å². The van der Waals surface area contributed by atoms with Crippen LogP contribution in [-0.2, 0) is 6.54 Å². The van der Waals surface area contributed by atoms with Gasteiger partial charge in [-0.05, 0) is 65.9 Å². The number of benzene rings is 2. The smallest absolute Gasteiger partial charge is 0.253 e. The monoisotopic (exact) mass is 428 g/mol. The number of aromatic nitrogens is 5. The molecule has 0 bridgehead atoms. The van der Waals surface area contributed by atoms with E-state index in [0.717, 1.165) is 48.0 Å². The van der Waals surface area contributed by atoms with Crippen LogP contribution in [-0.4, -0.2) is 43.2 Å². The number of fused-ring (bicyclic) bond motifs is 1. The minimum atomic E-state index is -0.291. The van der Waals surface area contributed by atoms with Crippen molar-refractivity contribution in [3.05, 3.63) is 87.5 Å². The van der Waals surface area contributed by atoms with E-state index in [1.807, 2.05) is 54.1 Å². The maximum absolute atomic E-state index is 13.4. The van der Waals surface area contributed by atoms with E-state index in [1.54, 1.807) is 0 Å². The Morgan fingerprint density at radius 2 is 1.78 bits per heavy atom. The Kier molecular flexibility index (Phi) is 5.81. The van der Waals surface area contributed by atoms with Gasteiger partial charge in [0.1, 0.15) is 6.04 Å². The molecule has 1 N–H and O–H groups in total. The topological polar surface area (TPSA) is 79.7 Å². The van der Waals surface area contributed by atoms with E-state index >= 15 is 0 Å². The Morgan fingerprint density at radius 1 is 1.00 bits per heavy atom. The molecular formula is C25H28N6O. The maximum Gasteiger partial charge on any atom is 0.253 e. The molecule has 4 aromatic rings. The molecule has 2 aromatic heterocycles. The van der Waals surface area contributed by atoms with Crippen molar-refractivity contribution in [3.63, 3.8) is 0 Å². The quantitative estimate of drug-likeness (QED) is 0.522. The Bertz CT molecular complexity index is 1250. The average molecular weight is 429 g/mol. The second-order valence-corrected chi connectivity index (χ2v) is 8.63. The average Bonchev–Trinajstić information content (AvgIpc) is 3.08. The number of hydrogen-bond acceptors (Lipinski definition) is 5. The van der Waals surface area contributed by atoms with Crippen LogP contribution in [0, 0.1) is 6.92 Å². The summed E-state index contributed by atoms with van der Waals surface area (Å²) in [6.45, 7) is 4.44. The number of nitrogens with zero attached hydrogens (tertiary/aromatic N) is 5. The summed E-state index contributed by atoms with van der Waals surface area (Å²) in [4.78, 5) is 18.9. The molecule has 3 heterocycles. The number of H-pyrrole nitrogens is 1. The van der Waals surface area contributed by atoms with Gasteiger partial charge >= 0.3 is 0 Å². The van der Waals surface area contributed by atoms with Gasteiger partial charge in [-0.3, -0.25) is 9.69 Å². The summed E-state index contributed by atoms with van der Waals surface area (Å²) in [5.41, 5.74) is 3.70. The van der Waals surface area contributed by atoms with Crippen LogP contribution in [0.2, 0.25) is 0 Å². The third kappa shape index (κ3) is 4.08. The molecule has 7 nitrogen and oxygen atoms in total. The number of nitrogens with one attached hydrogen (secondary N) is 1. The minimum absolute atomic E-state index is 0.0738. The molecule has 164 valence electrons. The van der Waals surface area contributed by atoms with Gasteiger partial charge in [-0.15, -0.1) is 5.10 Å². The Balaban J connectivity index is 1.63. The van der Waals surface area contributed by atoms with Crippen molar-refractivity contribution < 1.29 is 0 Å². The Morgan fingerprint density at radius 3 is 2.56 bits per heavy atom. The second kappa shape index (κ2) is 9.04. The molecule has 32 heavy (non-hydrogen) atoms. The van der Waals surface area contributed by atoms with Crippen molar-refractivity contribution in [2.45, 2.75) is 45.2 Å². The van der Waals surface area contributed by atoms with Crippen LogP contribution < -0.4 is 5.56 Å². The van der Waals surface area contributed by atoms with Gasteiger partial charge in [-0.25, -0.2) is 4.68 Å². The summed E-state index contributed by atoms with van der Waals surface area (Å²) < 4.78 is 1.84. The number of pyridine rings is 1. The van der Waals surface area contributed by atoms with Gasteiger partial charge in [0.15, 0.2) is 5.82 Å². The molecule has 5 rings (SSSR count). The van der Waals surface area contributed by atoms with E-state index in [4.69, 9.17) is 0 Å².